The first-order valence-corrected chi connectivity index (χ1v) is 9.69. The first-order valence-electron chi connectivity index (χ1n) is 9.69. The summed E-state index contributed by atoms with van der Waals surface area (Å²) in [7, 11) is 0. The normalized spacial score (nSPS) is 18.8. The lowest BCUT2D eigenvalue weighted by Crippen LogP contribution is -2.57. The summed E-state index contributed by atoms with van der Waals surface area (Å²) < 4.78 is 5.82. The molecule has 1 N–H and O–H groups in total. The van der Waals surface area contributed by atoms with Gasteiger partial charge < -0.3 is 19.9 Å². The van der Waals surface area contributed by atoms with E-state index in [1.54, 1.807) is 23.2 Å². The molecule has 0 bridgehead atoms. The number of nitrogens with zero attached hydrogens (tertiary/aromatic N) is 3. The maximum absolute atomic E-state index is 13.0. The number of pyridine rings is 1. The highest BCUT2D eigenvalue weighted by molar-refractivity contribution is 5.92. The van der Waals surface area contributed by atoms with Crippen molar-refractivity contribution < 1.29 is 14.3 Å². The van der Waals surface area contributed by atoms with Crippen molar-refractivity contribution in [2.45, 2.75) is 18.9 Å². The molecule has 9 heteroatoms. The van der Waals surface area contributed by atoms with Crippen LogP contribution in [0.4, 0.5) is 0 Å². The molecular weight excluding hydrogens is 427 g/mol. The summed E-state index contributed by atoms with van der Waals surface area (Å²) in [6.45, 7) is 3.11. The fourth-order valence-corrected chi connectivity index (χ4v) is 3.78. The second-order valence-corrected chi connectivity index (χ2v) is 7.10. The molecule has 7 nitrogen and oxygen atoms in total. The largest absolute Gasteiger partial charge is 0.457 e. The van der Waals surface area contributed by atoms with Crippen LogP contribution in [0, 0.1) is 0 Å². The molecule has 2 aliphatic heterocycles. The third-order valence-corrected chi connectivity index (χ3v) is 5.18. The topological polar surface area (TPSA) is 74.8 Å². The molecule has 2 amide bonds. The van der Waals surface area contributed by atoms with Crippen molar-refractivity contribution >= 4 is 36.6 Å². The Labute approximate surface area is 188 Å². The summed E-state index contributed by atoms with van der Waals surface area (Å²) in [4.78, 5) is 33.2. The van der Waals surface area contributed by atoms with Crippen molar-refractivity contribution in [1.29, 1.82) is 0 Å². The molecule has 1 unspecified atom stereocenters. The lowest BCUT2D eigenvalue weighted by Gasteiger charge is -2.41. The lowest BCUT2D eigenvalue weighted by atomic mass is 10.0. The number of hydrogen-bond acceptors (Lipinski definition) is 5. The van der Waals surface area contributed by atoms with Crippen LogP contribution < -0.4 is 10.1 Å². The van der Waals surface area contributed by atoms with Crippen molar-refractivity contribution in [3.8, 4) is 11.5 Å². The van der Waals surface area contributed by atoms with Gasteiger partial charge in [-0.3, -0.25) is 14.6 Å². The summed E-state index contributed by atoms with van der Waals surface area (Å²) in [6, 6.07) is 12.9. The van der Waals surface area contributed by atoms with Crippen LogP contribution in [0.25, 0.3) is 0 Å². The average molecular weight is 453 g/mol. The zero-order valence-electron chi connectivity index (χ0n) is 16.5. The molecule has 1 aromatic carbocycles. The fraction of sp³-hybridized carbons (Fsp3) is 0.381. The molecule has 0 saturated carbocycles. The lowest BCUT2D eigenvalue weighted by molar-refractivity contribution is -0.135. The van der Waals surface area contributed by atoms with Gasteiger partial charge in [0.05, 0.1) is 6.54 Å². The van der Waals surface area contributed by atoms with E-state index >= 15 is 0 Å². The second kappa shape index (κ2) is 11.2. The van der Waals surface area contributed by atoms with Crippen LogP contribution in [0.15, 0.2) is 48.7 Å². The van der Waals surface area contributed by atoms with Gasteiger partial charge in [0.15, 0.2) is 0 Å². The molecule has 4 rings (SSSR count). The third-order valence-electron chi connectivity index (χ3n) is 5.18. The summed E-state index contributed by atoms with van der Waals surface area (Å²) in [5.41, 5.74) is 0.362. The Balaban J connectivity index is 0.00000160. The van der Waals surface area contributed by atoms with E-state index in [0.29, 0.717) is 43.4 Å². The fourth-order valence-electron chi connectivity index (χ4n) is 3.78. The van der Waals surface area contributed by atoms with E-state index in [2.05, 4.69) is 10.3 Å². The number of ether oxygens (including phenoxy) is 1. The number of nitrogens with one attached hydrogen (secondary N) is 1. The van der Waals surface area contributed by atoms with Gasteiger partial charge in [-0.2, -0.15) is 0 Å². The minimum atomic E-state index is -0.120. The van der Waals surface area contributed by atoms with E-state index in [1.165, 1.54) is 0 Å². The molecule has 162 valence electrons. The molecule has 1 aromatic heterocycles. The Hall–Kier alpha value is -2.35. The van der Waals surface area contributed by atoms with Gasteiger partial charge >= 0.3 is 0 Å². The highest BCUT2D eigenvalue weighted by Crippen LogP contribution is 2.23. The van der Waals surface area contributed by atoms with Gasteiger partial charge in [0.2, 0.25) is 5.91 Å². The summed E-state index contributed by atoms with van der Waals surface area (Å²) in [6.07, 6.45) is 3.40. The number of para-hydroxylation sites is 1. The van der Waals surface area contributed by atoms with Gasteiger partial charge in [-0.25, -0.2) is 0 Å². The first kappa shape index (κ1) is 23.9. The minimum absolute atomic E-state index is 0. The van der Waals surface area contributed by atoms with Crippen LogP contribution in [0.3, 0.4) is 0 Å². The number of piperazine rings is 1. The van der Waals surface area contributed by atoms with E-state index < -0.39 is 0 Å². The number of likely N-dealkylation sites (tertiary alicyclic amines) is 1. The predicted octanol–water partition coefficient (Wildman–Crippen LogP) is 2.75. The molecule has 3 heterocycles. The van der Waals surface area contributed by atoms with Crippen LogP contribution in [0.5, 0.6) is 11.5 Å². The number of carbonyl (C=O) groups is 2. The number of benzene rings is 1. The smallest absolute Gasteiger partial charge is 0.272 e. The quantitative estimate of drug-likeness (QED) is 0.771. The molecular formula is C21H26Cl2N4O3. The molecule has 2 aromatic rings. The van der Waals surface area contributed by atoms with Crippen LogP contribution >= 0.6 is 24.8 Å². The van der Waals surface area contributed by atoms with E-state index in [4.69, 9.17) is 4.74 Å². The van der Waals surface area contributed by atoms with Gasteiger partial charge in [0.1, 0.15) is 17.2 Å². The summed E-state index contributed by atoms with van der Waals surface area (Å²) >= 11 is 0. The summed E-state index contributed by atoms with van der Waals surface area (Å²) in [5.74, 6) is 1.28. The maximum Gasteiger partial charge on any atom is 0.272 e. The molecule has 2 fully saturated rings. The molecule has 0 aliphatic carbocycles. The number of hydrogen-bond donors (Lipinski definition) is 1. The second-order valence-electron chi connectivity index (χ2n) is 7.10. The highest BCUT2D eigenvalue weighted by Gasteiger charge is 2.32. The molecule has 30 heavy (non-hydrogen) atoms. The number of halogens is 2. The predicted molar refractivity (Wildman–Crippen MR) is 119 cm³/mol. The van der Waals surface area contributed by atoms with E-state index in [-0.39, 0.29) is 42.7 Å². The Kier molecular flexibility index (Phi) is 8.89. The minimum Gasteiger partial charge on any atom is -0.457 e. The molecule has 1 atom stereocenters. The highest BCUT2D eigenvalue weighted by atomic mass is 35.5. The molecule has 0 spiro atoms. The maximum atomic E-state index is 13.0. The van der Waals surface area contributed by atoms with Crippen LogP contribution in [-0.2, 0) is 4.79 Å². The van der Waals surface area contributed by atoms with Crippen molar-refractivity contribution in [1.82, 2.24) is 20.1 Å². The van der Waals surface area contributed by atoms with E-state index in [0.717, 1.165) is 19.4 Å². The van der Waals surface area contributed by atoms with Crippen molar-refractivity contribution in [3.63, 3.8) is 0 Å². The number of amides is 2. The van der Waals surface area contributed by atoms with Gasteiger partial charge in [-0.1, -0.05) is 18.2 Å². The van der Waals surface area contributed by atoms with Gasteiger partial charge in [-0.15, -0.1) is 24.8 Å². The van der Waals surface area contributed by atoms with Gasteiger partial charge in [0.25, 0.3) is 5.91 Å². The van der Waals surface area contributed by atoms with Crippen molar-refractivity contribution in [3.05, 3.63) is 54.4 Å². The van der Waals surface area contributed by atoms with E-state index in [9.17, 15) is 9.59 Å². The average Bonchev–Trinajstić information content (AvgIpc) is 2.74. The van der Waals surface area contributed by atoms with Crippen molar-refractivity contribution in [2.75, 3.05) is 32.7 Å². The SMILES string of the molecule is Cl.Cl.O=C(c1cc(Oc2ccccc2)ccn1)N1CCCC(N2CCNCC2=O)C1. The van der Waals surface area contributed by atoms with Crippen LogP contribution in [0.1, 0.15) is 23.3 Å². The standard InChI is InChI=1S/C21H24N4O3.2ClH/c26-20-14-22-10-12-25(20)16-5-4-11-24(15-16)21(27)19-13-18(8-9-23-19)28-17-6-2-1-3-7-17;;/h1-3,6-9,13,16,22H,4-5,10-12,14-15H2;2*1H. The molecule has 2 aliphatic rings. The number of piperidine rings is 1. The molecule has 2 saturated heterocycles. The zero-order chi connectivity index (χ0) is 19.3. The number of aromatic nitrogens is 1. The van der Waals surface area contributed by atoms with Gasteiger partial charge in [0, 0.05) is 44.5 Å². The number of carbonyl (C=O) groups excluding carboxylic acids is 2. The van der Waals surface area contributed by atoms with Crippen LogP contribution in [-0.4, -0.2) is 65.4 Å². The molecule has 0 radical (unpaired) electrons. The van der Waals surface area contributed by atoms with Gasteiger partial charge in [-0.05, 0) is 31.0 Å². The Morgan fingerprint density at radius 2 is 1.90 bits per heavy atom. The van der Waals surface area contributed by atoms with E-state index in [1.807, 2.05) is 35.2 Å². The van der Waals surface area contributed by atoms with Crippen LogP contribution in [0.2, 0.25) is 0 Å². The first-order chi connectivity index (χ1) is 13.7. The Morgan fingerprint density at radius 1 is 1.10 bits per heavy atom. The number of rotatable bonds is 4. The third kappa shape index (κ3) is 5.62. The Bertz CT molecular complexity index is 853. The Morgan fingerprint density at radius 3 is 2.67 bits per heavy atom. The monoisotopic (exact) mass is 452 g/mol. The zero-order valence-corrected chi connectivity index (χ0v) is 18.2. The summed E-state index contributed by atoms with van der Waals surface area (Å²) in [5, 5.41) is 3.09. The van der Waals surface area contributed by atoms with Crippen molar-refractivity contribution in [2.24, 2.45) is 0 Å².